The van der Waals surface area contributed by atoms with Gasteiger partial charge in [-0.2, -0.15) is 5.10 Å². The molecule has 0 atom stereocenters. The number of Topliss-reactive ketones (excluding diaryl/α,β-unsaturated/α-hetero) is 1. The van der Waals surface area contributed by atoms with Crippen LogP contribution in [-0.4, -0.2) is 43.0 Å². The van der Waals surface area contributed by atoms with Crippen LogP contribution in [-0.2, 0) is 13.0 Å². The quantitative estimate of drug-likeness (QED) is 0.325. The van der Waals surface area contributed by atoms with E-state index in [9.17, 15) is 4.79 Å². The van der Waals surface area contributed by atoms with Crippen molar-refractivity contribution >= 4 is 40.3 Å². The second kappa shape index (κ2) is 10.3. The smallest absolute Gasteiger partial charge is 0.185 e. The summed E-state index contributed by atoms with van der Waals surface area (Å²) in [4.78, 5) is 22.6. The number of halogens is 1. The highest BCUT2D eigenvalue weighted by molar-refractivity contribution is 5.99. The molecule has 0 unspecified atom stereocenters. The molecular formula is C29H29ClN6O. The number of hydrogen-bond donors (Lipinski definition) is 1. The number of carbonyl (C=O) groups is 1. The molecule has 37 heavy (non-hydrogen) atoms. The van der Waals surface area contributed by atoms with Gasteiger partial charge in [-0.1, -0.05) is 24.3 Å². The van der Waals surface area contributed by atoms with Crippen molar-refractivity contribution in [2.24, 2.45) is 0 Å². The Bertz CT molecular complexity index is 1650. The summed E-state index contributed by atoms with van der Waals surface area (Å²) in [5.74, 6) is 0.0383. The monoisotopic (exact) mass is 512 g/mol. The van der Waals surface area contributed by atoms with Crippen LogP contribution >= 0.6 is 12.4 Å². The summed E-state index contributed by atoms with van der Waals surface area (Å²) >= 11 is 0. The zero-order chi connectivity index (χ0) is 24.6. The topological polar surface area (TPSA) is 77.1 Å². The van der Waals surface area contributed by atoms with Crippen LogP contribution in [0.5, 0.6) is 0 Å². The first-order chi connectivity index (χ1) is 17.6. The Hall–Kier alpha value is -3.81. The van der Waals surface area contributed by atoms with Crippen LogP contribution < -0.4 is 5.32 Å². The molecule has 0 saturated carbocycles. The lowest BCUT2D eigenvalue weighted by Crippen LogP contribution is -2.20. The number of pyridine rings is 2. The second-order valence-corrected chi connectivity index (χ2v) is 9.40. The molecule has 5 aromatic rings. The van der Waals surface area contributed by atoms with Crippen molar-refractivity contribution in [1.82, 2.24) is 29.5 Å². The Balaban J connectivity index is 0.00000280. The summed E-state index contributed by atoms with van der Waals surface area (Å²) in [5, 5.41) is 9.17. The van der Waals surface area contributed by atoms with Crippen LogP contribution in [0.3, 0.4) is 0 Å². The summed E-state index contributed by atoms with van der Waals surface area (Å²) in [7, 11) is 0. The highest BCUT2D eigenvalue weighted by Crippen LogP contribution is 2.26. The molecule has 1 aliphatic heterocycles. The average Bonchev–Trinajstić information content (AvgIpc) is 3.46. The summed E-state index contributed by atoms with van der Waals surface area (Å²) < 4.78 is 3.87. The molecule has 0 radical (unpaired) electrons. The third kappa shape index (κ3) is 4.80. The lowest BCUT2D eigenvalue weighted by molar-refractivity contribution is 0.0987. The van der Waals surface area contributed by atoms with Gasteiger partial charge in [-0.15, -0.1) is 12.4 Å². The highest BCUT2D eigenvalue weighted by atomic mass is 35.5. The van der Waals surface area contributed by atoms with Gasteiger partial charge >= 0.3 is 0 Å². The van der Waals surface area contributed by atoms with Crippen molar-refractivity contribution in [3.63, 3.8) is 0 Å². The van der Waals surface area contributed by atoms with Crippen LogP contribution in [0.4, 0.5) is 0 Å². The lowest BCUT2D eigenvalue weighted by Gasteiger charge is -2.14. The fourth-order valence-electron chi connectivity index (χ4n) is 5.15. The first-order valence-corrected chi connectivity index (χ1v) is 12.3. The van der Waals surface area contributed by atoms with Gasteiger partial charge in [0, 0.05) is 30.2 Å². The van der Waals surface area contributed by atoms with E-state index in [-0.39, 0.29) is 18.2 Å². The fraction of sp³-hybridized carbons (Fsp3) is 0.241. The zero-order valence-corrected chi connectivity index (χ0v) is 21.8. The minimum Gasteiger partial charge on any atom is -0.313 e. The summed E-state index contributed by atoms with van der Waals surface area (Å²) in [6.07, 6.45) is 7.17. The largest absolute Gasteiger partial charge is 0.313 e. The van der Waals surface area contributed by atoms with Crippen LogP contribution in [0.15, 0.2) is 67.0 Å². The molecule has 6 rings (SSSR count). The number of nitrogens with zero attached hydrogens (tertiary/aromatic N) is 5. The van der Waals surface area contributed by atoms with Crippen molar-refractivity contribution in [3.8, 4) is 0 Å². The molecule has 188 valence electrons. The molecule has 0 amide bonds. The molecule has 8 heteroatoms. The van der Waals surface area contributed by atoms with Crippen LogP contribution in [0, 0.1) is 13.8 Å². The average molecular weight is 513 g/mol. The van der Waals surface area contributed by atoms with E-state index in [1.807, 2.05) is 59.5 Å². The number of carbonyl (C=O) groups excluding carboxylic acids is 1. The number of rotatable bonds is 6. The first-order valence-electron chi connectivity index (χ1n) is 12.3. The number of benzene rings is 1. The van der Waals surface area contributed by atoms with Gasteiger partial charge in [-0.25, -0.2) is 4.98 Å². The molecule has 1 N–H and O–H groups in total. The maximum absolute atomic E-state index is 13.4. The van der Waals surface area contributed by atoms with Gasteiger partial charge in [0.2, 0.25) is 0 Å². The van der Waals surface area contributed by atoms with Gasteiger partial charge in [0.15, 0.2) is 5.78 Å². The number of imidazole rings is 1. The fourth-order valence-corrected chi connectivity index (χ4v) is 5.15. The molecule has 4 aromatic heterocycles. The Morgan fingerprint density at radius 2 is 1.97 bits per heavy atom. The summed E-state index contributed by atoms with van der Waals surface area (Å²) in [6, 6.07) is 16.3. The molecule has 7 nitrogen and oxygen atoms in total. The Labute approximate surface area is 221 Å². The normalized spacial score (nSPS) is 13.5. The predicted molar refractivity (Wildman–Crippen MR) is 148 cm³/mol. The van der Waals surface area contributed by atoms with Gasteiger partial charge in [-0.3, -0.25) is 18.9 Å². The Kier molecular flexibility index (Phi) is 6.91. The molecule has 1 aliphatic rings. The lowest BCUT2D eigenvalue weighted by atomic mass is 10.0. The Morgan fingerprint density at radius 1 is 1.11 bits per heavy atom. The summed E-state index contributed by atoms with van der Waals surface area (Å²) in [5.41, 5.74) is 8.75. The first kappa shape index (κ1) is 24.9. The van der Waals surface area contributed by atoms with Crippen LogP contribution in [0.1, 0.15) is 45.1 Å². The molecule has 0 aliphatic carbocycles. The number of ketones is 1. The standard InChI is InChI=1S/C29H28N6O.ClH/c1-19-5-3-7-24(32-19)18-35-25-8-4-6-23(29(25)20(2)33-35)15-27(36)26-17-31-28-16-22(11-14-34(26)28)21-9-12-30-13-10-21;/h3-9,11,14,16-17,30H,10,12-13,15,18H2,1-2H3;1H. The van der Waals surface area contributed by atoms with Crippen molar-refractivity contribution in [2.45, 2.75) is 33.2 Å². The van der Waals surface area contributed by atoms with E-state index in [0.29, 0.717) is 18.7 Å². The molecular weight excluding hydrogens is 484 g/mol. The number of aryl methyl sites for hydroxylation is 2. The minimum absolute atomic E-state index is 0. The minimum atomic E-state index is 0. The number of aromatic nitrogens is 5. The van der Waals surface area contributed by atoms with Crippen molar-refractivity contribution in [1.29, 1.82) is 0 Å². The van der Waals surface area contributed by atoms with E-state index >= 15 is 0 Å². The van der Waals surface area contributed by atoms with Crippen LogP contribution in [0.25, 0.3) is 22.1 Å². The molecule has 1 aromatic carbocycles. The predicted octanol–water partition coefficient (Wildman–Crippen LogP) is 4.97. The zero-order valence-electron chi connectivity index (χ0n) is 20.9. The van der Waals surface area contributed by atoms with E-state index in [1.165, 1.54) is 11.1 Å². The number of fused-ring (bicyclic) bond motifs is 2. The van der Waals surface area contributed by atoms with Crippen LogP contribution in [0.2, 0.25) is 0 Å². The molecule has 0 saturated heterocycles. The maximum Gasteiger partial charge on any atom is 0.185 e. The van der Waals surface area contributed by atoms with Gasteiger partial charge in [0.1, 0.15) is 11.3 Å². The molecule has 0 bridgehead atoms. The van der Waals surface area contributed by atoms with Crippen molar-refractivity contribution in [3.05, 3.63) is 101 Å². The van der Waals surface area contributed by atoms with Crippen molar-refractivity contribution in [2.75, 3.05) is 13.1 Å². The molecule has 0 fully saturated rings. The van der Waals surface area contributed by atoms with E-state index in [2.05, 4.69) is 39.6 Å². The molecule has 5 heterocycles. The number of nitrogens with one attached hydrogen (secondary N) is 1. The molecule has 0 spiro atoms. The highest BCUT2D eigenvalue weighted by Gasteiger charge is 2.18. The van der Waals surface area contributed by atoms with Gasteiger partial charge < -0.3 is 5.32 Å². The van der Waals surface area contributed by atoms with E-state index in [4.69, 9.17) is 5.10 Å². The Morgan fingerprint density at radius 3 is 2.78 bits per heavy atom. The number of hydrogen-bond acceptors (Lipinski definition) is 5. The SMILES string of the molecule is Cc1cccc(Cn2nc(C)c3c(CC(=O)c4cnc5cc(C6=CCNCC6)ccn45)cccc32)n1.Cl. The third-order valence-corrected chi connectivity index (χ3v) is 6.88. The van der Waals surface area contributed by atoms with E-state index in [1.54, 1.807) is 6.20 Å². The van der Waals surface area contributed by atoms with Gasteiger partial charge in [-0.05, 0) is 73.8 Å². The van der Waals surface area contributed by atoms with Crippen molar-refractivity contribution < 1.29 is 4.79 Å². The van der Waals surface area contributed by atoms with E-state index in [0.717, 1.165) is 58.7 Å². The van der Waals surface area contributed by atoms with Gasteiger partial charge in [0.05, 0.1) is 29.6 Å². The maximum atomic E-state index is 13.4. The summed E-state index contributed by atoms with van der Waals surface area (Å²) in [6.45, 7) is 6.46. The second-order valence-electron chi connectivity index (χ2n) is 9.40. The third-order valence-electron chi connectivity index (χ3n) is 6.88. The van der Waals surface area contributed by atoms with Gasteiger partial charge in [0.25, 0.3) is 0 Å². The van der Waals surface area contributed by atoms with E-state index < -0.39 is 0 Å².